The lowest BCUT2D eigenvalue weighted by molar-refractivity contribution is 0.588. The van der Waals surface area contributed by atoms with Crippen LogP contribution in [0.5, 0.6) is 0 Å². The number of guanidine groups is 1. The van der Waals surface area contributed by atoms with E-state index in [1.807, 2.05) is 42.5 Å². The van der Waals surface area contributed by atoms with E-state index < -0.39 is 10.0 Å². The summed E-state index contributed by atoms with van der Waals surface area (Å²) in [4.78, 5) is 4.55. The number of rotatable bonds is 8. The van der Waals surface area contributed by atoms with Crippen LogP contribution in [0, 0.1) is 0 Å². The number of sulfonamides is 1. The second kappa shape index (κ2) is 12.6. The molecule has 0 fully saturated rings. The maximum absolute atomic E-state index is 12.0. The van der Waals surface area contributed by atoms with E-state index in [-0.39, 0.29) is 34.8 Å². The number of benzene rings is 3. The number of hydrogen-bond donors (Lipinski definition) is 3. The Morgan fingerprint density at radius 1 is 0.875 bits per heavy atom. The Balaban J connectivity index is 0.00000363. The highest BCUT2D eigenvalue weighted by Crippen LogP contribution is 2.23. The third kappa shape index (κ3) is 7.04. The zero-order valence-electron chi connectivity index (χ0n) is 18.2. The standard InChI is InChI=1S/C24H28N4O2S.HI/c1-25-24(27-17-19-10-9-15-22(16-19)31(29,30)26-2)28-18-23(20-11-5-3-6-12-20)21-13-7-4-8-14-21;/h3-16,23,26H,17-18H2,1-2H3,(H2,25,27,28);1H. The Kier molecular flexibility index (Phi) is 10.1. The molecule has 3 aromatic carbocycles. The molecule has 0 aliphatic heterocycles. The van der Waals surface area contributed by atoms with Crippen LogP contribution in [0.1, 0.15) is 22.6 Å². The number of halogens is 1. The summed E-state index contributed by atoms with van der Waals surface area (Å²) >= 11 is 0. The van der Waals surface area contributed by atoms with Gasteiger partial charge in [-0.15, -0.1) is 24.0 Å². The van der Waals surface area contributed by atoms with Crippen molar-refractivity contribution in [2.24, 2.45) is 4.99 Å². The fourth-order valence-corrected chi connectivity index (χ4v) is 4.14. The Morgan fingerprint density at radius 2 is 1.47 bits per heavy atom. The predicted octanol–water partition coefficient (Wildman–Crippen LogP) is 3.71. The molecule has 0 aromatic heterocycles. The zero-order valence-corrected chi connectivity index (χ0v) is 21.3. The first-order chi connectivity index (χ1) is 15.0. The van der Waals surface area contributed by atoms with E-state index in [1.165, 1.54) is 18.2 Å². The van der Waals surface area contributed by atoms with Crippen molar-refractivity contribution >= 4 is 40.0 Å². The summed E-state index contributed by atoms with van der Waals surface area (Å²) < 4.78 is 26.4. The van der Waals surface area contributed by atoms with Crippen molar-refractivity contribution in [1.29, 1.82) is 0 Å². The Morgan fingerprint density at radius 3 is 2.00 bits per heavy atom. The van der Waals surface area contributed by atoms with Crippen molar-refractivity contribution in [2.45, 2.75) is 17.4 Å². The highest BCUT2D eigenvalue weighted by molar-refractivity contribution is 14.0. The van der Waals surface area contributed by atoms with E-state index in [4.69, 9.17) is 0 Å². The first kappa shape index (κ1) is 25.8. The van der Waals surface area contributed by atoms with Gasteiger partial charge in [0.05, 0.1) is 4.90 Å². The summed E-state index contributed by atoms with van der Waals surface area (Å²) in [6.07, 6.45) is 0. The van der Waals surface area contributed by atoms with Crippen LogP contribution in [-0.4, -0.2) is 35.0 Å². The summed E-state index contributed by atoms with van der Waals surface area (Å²) in [6.45, 7) is 1.12. The molecule has 170 valence electrons. The second-order valence-corrected chi connectivity index (χ2v) is 8.92. The van der Waals surface area contributed by atoms with Gasteiger partial charge in [0, 0.05) is 26.1 Å². The predicted molar refractivity (Wildman–Crippen MR) is 141 cm³/mol. The first-order valence-electron chi connectivity index (χ1n) is 10.1. The van der Waals surface area contributed by atoms with Crippen LogP contribution >= 0.6 is 24.0 Å². The summed E-state index contributed by atoms with van der Waals surface area (Å²) in [5.41, 5.74) is 3.30. The van der Waals surface area contributed by atoms with Gasteiger partial charge in [-0.05, 0) is 35.9 Å². The highest BCUT2D eigenvalue weighted by Gasteiger charge is 2.15. The Bertz CT molecular complexity index is 1070. The first-order valence-corrected chi connectivity index (χ1v) is 11.6. The molecule has 3 N–H and O–H groups in total. The van der Waals surface area contributed by atoms with Gasteiger partial charge < -0.3 is 10.6 Å². The number of aliphatic imine (C=N–C) groups is 1. The molecule has 3 rings (SSSR count). The Hall–Kier alpha value is -2.43. The van der Waals surface area contributed by atoms with Crippen molar-refractivity contribution in [1.82, 2.24) is 15.4 Å². The van der Waals surface area contributed by atoms with Crippen LogP contribution in [0.15, 0.2) is 94.8 Å². The van der Waals surface area contributed by atoms with Crippen LogP contribution in [-0.2, 0) is 16.6 Å². The van der Waals surface area contributed by atoms with Gasteiger partial charge in [0.25, 0.3) is 0 Å². The fourth-order valence-electron chi connectivity index (χ4n) is 3.34. The van der Waals surface area contributed by atoms with E-state index in [0.29, 0.717) is 19.0 Å². The normalized spacial score (nSPS) is 11.7. The van der Waals surface area contributed by atoms with Crippen LogP contribution < -0.4 is 15.4 Å². The molecule has 0 radical (unpaired) electrons. The van der Waals surface area contributed by atoms with Gasteiger partial charge in [0.15, 0.2) is 5.96 Å². The molecule has 0 amide bonds. The lowest BCUT2D eigenvalue weighted by Crippen LogP contribution is -2.39. The van der Waals surface area contributed by atoms with E-state index in [2.05, 4.69) is 44.6 Å². The van der Waals surface area contributed by atoms with Gasteiger partial charge >= 0.3 is 0 Å². The maximum Gasteiger partial charge on any atom is 0.240 e. The molecular formula is C24H29IN4O2S. The minimum Gasteiger partial charge on any atom is -0.355 e. The lowest BCUT2D eigenvalue weighted by atomic mass is 9.91. The summed E-state index contributed by atoms with van der Waals surface area (Å²) in [5, 5.41) is 6.67. The zero-order chi connectivity index (χ0) is 22.1. The van der Waals surface area contributed by atoms with Crippen molar-refractivity contribution in [3.8, 4) is 0 Å². The molecular weight excluding hydrogens is 535 g/mol. The minimum atomic E-state index is -3.47. The molecule has 6 nitrogen and oxygen atoms in total. The lowest BCUT2D eigenvalue weighted by Gasteiger charge is -2.20. The molecule has 0 bridgehead atoms. The van der Waals surface area contributed by atoms with Crippen molar-refractivity contribution in [2.75, 3.05) is 20.6 Å². The largest absolute Gasteiger partial charge is 0.355 e. The monoisotopic (exact) mass is 564 g/mol. The third-order valence-electron chi connectivity index (χ3n) is 5.04. The van der Waals surface area contributed by atoms with Gasteiger partial charge in [0.1, 0.15) is 0 Å². The molecule has 0 aliphatic rings. The van der Waals surface area contributed by atoms with E-state index >= 15 is 0 Å². The van der Waals surface area contributed by atoms with Crippen LogP contribution in [0.3, 0.4) is 0 Å². The third-order valence-corrected chi connectivity index (χ3v) is 6.45. The molecule has 0 aliphatic carbocycles. The summed E-state index contributed by atoms with van der Waals surface area (Å²) in [7, 11) is -0.347. The SMILES string of the molecule is CN=C(NCc1cccc(S(=O)(=O)NC)c1)NCC(c1ccccc1)c1ccccc1.I. The molecule has 0 atom stereocenters. The smallest absolute Gasteiger partial charge is 0.240 e. The highest BCUT2D eigenvalue weighted by atomic mass is 127. The number of nitrogens with one attached hydrogen (secondary N) is 3. The van der Waals surface area contributed by atoms with Crippen LogP contribution in [0.4, 0.5) is 0 Å². The summed E-state index contributed by atoms with van der Waals surface area (Å²) in [6, 6.07) is 27.6. The molecule has 0 unspecified atom stereocenters. The fraction of sp³-hybridized carbons (Fsp3) is 0.208. The van der Waals surface area contributed by atoms with Gasteiger partial charge in [-0.1, -0.05) is 72.8 Å². The molecule has 32 heavy (non-hydrogen) atoms. The number of nitrogens with zero attached hydrogens (tertiary/aromatic N) is 1. The molecule has 0 spiro atoms. The molecule has 0 saturated carbocycles. The van der Waals surface area contributed by atoms with Gasteiger partial charge in [-0.3, -0.25) is 4.99 Å². The van der Waals surface area contributed by atoms with E-state index in [0.717, 1.165) is 5.56 Å². The number of hydrogen-bond acceptors (Lipinski definition) is 3. The molecule has 0 saturated heterocycles. The van der Waals surface area contributed by atoms with Gasteiger partial charge in [0.2, 0.25) is 10.0 Å². The van der Waals surface area contributed by atoms with Crippen molar-refractivity contribution in [3.63, 3.8) is 0 Å². The quantitative estimate of drug-likeness (QED) is 0.222. The van der Waals surface area contributed by atoms with E-state index in [9.17, 15) is 8.42 Å². The minimum absolute atomic E-state index is 0. The average molecular weight is 564 g/mol. The van der Waals surface area contributed by atoms with Crippen LogP contribution in [0.2, 0.25) is 0 Å². The topological polar surface area (TPSA) is 82.6 Å². The second-order valence-electron chi connectivity index (χ2n) is 7.04. The van der Waals surface area contributed by atoms with Gasteiger partial charge in [-0.2, -0.15) is 0 Å². The Labute approximate surface area is 207 Å². The van der Waals surface area contributed by atoms with Crippen molar-refractivity contribution in [3.05, 3.63) is 102 Å². The molecule has 0 heterocycles. The molecule has 3 aromatic rings. The summed E-state index contributed by atoms with van der Waals surface area (Å²) in [5.74, 6) is 0.823. The van der Waals surface area contributed by atoms with Crippen LogP contribution in [0.25, 0.3) is 0 Å². The maximum atomic E-state index is 12.0. The van der Waals surface area contributed by atoms with Gasteiger partial charge in [-0.25, -0.2) is 13.1 Å². The molecule has 8 heteroatoms. The van der Waals surface area contributed by atoms with Crippen molar-refractivity contribution < 1.29 is 8.42 Å². The average Bonchev–Trinajstić information content (AvgIpc) is 2.82. The van der Waals surface area contributed by atoms with E-state index in [1.54, 1.807) is 25.2 Å².